The van der Waals surface area contributed by atoms with Gasteiger partial charge in [0.2, 0.25) is 5.91 Å². The molecule has 0 aromatic carbocycles. The molecule has 2 saturated heterocycles. The maximum absolute atomic E-state index is 12.0. The molecule has 0 bridgehead atoms. The van der Waals surface area contributed by atoms with Crippen LogP contribution >= 0.6 is 23.4 Å². The van der Waals surface area contributed by atoms with Gasteiger partial charge in [-0.15, -0.1) is 23.4 Å². The summed E-state index contributed by atoms with van der Waals surface area (Å²) >= 11 is 7.91. The van der Waals surface area contributed by atoms with E-state index in [4.69, 9.17) is 11.6 Å². The second-order valence-corrected chi connectivity index (χ2v) is 6.11. The molecule has 2 aliphatic heterocycles. The summed E-state index contributed by atoms with van der Waals surface area (Å²) in [6.07, 6.45) is 2.25. The Bertz CT molecular complexity index is 220. The molecule has 2 nitrogen and oxygen atoms in total. The fourth-order valence-corrected chi connectivity index (χ4v) is 3.57. The third-order valence-corrected chi connectivity index (χ3v) is 4.97. The van der Waals surface area contributed by atoms with Gasteiger partial charge in [-0.05, 0) is 24.5 Å². The molecule has 0 aromatic rings. The van der Waals surface area contributed by atoms with Gasteiger partial charge in [-0.25, -0.2) is 0 Å². The van der Waals surface area contributed by atoms with Crippen molar-refractivity contribution in [2.75, 3.05) is 18.8 Å². The quantitative estimate of drug-likeness (QED) is 0.646. The lowest BCUT2D eigenvalue weighted by molar-refractivity contribution is -0.129. The zero-order valence-electron chi connectivity index (χ0n) is 8.41. The summed E-state index contributed by atoms with van der Waals surface area (Å²) in [7, 11) is 0. The highest BCUT2D eigenvalue weighted by Crippen LogP contribution is 2.30. The highest BCUT2D eigenvalue weighted by molar-refractivity contribution is 8.00. The van der Waals surface area contributed by atoms with E-state index in [0.717, 1.165) is 25.3 Å². The van der Waals surface area contributed by atoms with E-state index in [-0.39, 0.29) is 10.6 Å². The number of rotatable bonds is 1. The number of carbonyl (C=O) groups excluding carboxylic acids is 1. The fraction of sp³-hybridized carbons (Fsp3) is 0.900. The third kappa shape index (κ3) is 2.03. The number of carbonyl (C=O) groups is 1. The molecule has 2 heterocycles. The molecule has 0 radical (unpaired) electrons. The van der Waals surface area contributed by atoms with E-state index >= 15 is 0 Å². The molecule has 14 heavy (non-hydrogen) atoms. The van der Waals surface area contributed by atoms with Crippen LogP contribution in [0.3, 0.4) is 0 Å². The van der Waals surface area contributed by atoms with Gasteiger partial charge in [0.1, 0.15) is 0 Å². The molecule has 0 spiro atoms. The summed E-state index contributed by atoms with van der Waals surface area (Å²) in [5.74, 6) is 1.92. The van der Waals surface area contributed by atoms with Crippen LogP contribution in [0, 0.1) is 5.92 Å². The Morgan fingerprint density at radius 1 is 1.50 bits per heavy atom. The molecule has 0 N–H and O–H groups in total. The Labute approximate surface area is 94.4 Å². The number of halogens is 1. The van der Waals surface area contributed by atoms with E-state index < -0.39 is 0 Å². The molecule has 0 saturated carbocycles. The highest BCUT2D eigenvalue weighted by atomic mass is 35.5. The fourth-order valence-electron chi connectivity index (χ4n) is 2.08. The average molecular weight is 234 g/mol. The van der Waals surface area contributed by atoms with E-state index in [0.29, 0.717) is 11.8 Å². The maximum atomic E-state index is 12.0. The summed E-state index contributed by atoms with van der Waals surface area (Å²) in [5, 5.41) is 0.384. The van der Waals surface area contributed by atoms with Crippen molar-refractivity contribution in [1.29, 1.82) is 0 Å². The van der Waals surface area contributed by atoms with Crippen molar-refractivity contribution in [3.63, 3.8) is 0 Å². The zero-order chi connectivity index (χ0) is 10.1. The molecule has 80 valence electrons. The van der Waals surface area contributed by atoms with Crippen LogP contribution in [0.1, 0.15) is 19.8 Å². The van der Waals surface area contributed by atoms with Crippen LogP contribution in [0.4, 0.5) is 0 Å². The SMILES string of the molecule is CC1CN(C(=O)C2CCCS2)CC1Cl. The second kappa shape index (κ2) is 4.31. The lowest BCUT2D eigenvalue weighted by atomic mass is 10.1. The number of likely N-dealkylation sites (tertiary alicyclic amines) is 1. The number of alkyl halides is 1. The van der Waals surface area contributed by atoms with Gasteiger partial charge in [0.15, 0.2) is 0 Å². The Balaban J connectivity index is 1.92. The van der Waals surface area contributed by atoms with E-state index in [1.165, 1.54) is 6.42 Å². The molecule has 3 atom stereocenters. The molecule has 1 amide bonds. The second-order valence-electron chi connectivity index (χ2n) is 4.24. The zero-order valence-corrected chi connectivity index (χ0v) is 9.98. The first-order chi connectivity index (χ1) is 6.68. The van der Waals surface area contributed by atoms with Gasteiger partial charge < -0.3 is 4.90 Å². The number of hydrogen-bond donors (Lipinski definition) is 0. The summed E-state index contributed by atoms with van der Waals surface area (Å²) < 4.78 is 0. The smallest absolute Gasteiger partial charge is 0.235 e. The molecule has 2 aliphatic rings. The van der Waals surface area contributed by atoms with Crippen LogP contribution < -0.4 is 0 Å². The minimum Gasteiger partial charge on any atom is -0.340 e. The van der Waals surface area contributed by atoms with Gasteiger partial charge in [0.05, 0.1) is 10.6 Å². The molecular formula is C10H16ClNOS. The van der Waals surface area contributed by atoms with Crippen LogP contribution in [0.5, 0.6) is 0 Å². The van der Waals surface area contributed by atoms with Crippen molar-refractivity contribution in [3.8, 4) is 0 Å². The van der Waals surface area contributed by atoms with Gasteiger partial charge in [-0.1, -0.05) is 6.92 Å². The summed E-state index contributed by atoms with van der Waals surface area (Å²) in [5.41, 5.74) is 0. The molecule has 2 rings (SSSR count). The summed E-state index contributed by atoms with van der Waals surface area (Å²) in [4.78, 5) is 13.9. The van der Waals surface area contributed by atoms with Crippen molar-refractivity contribution in [1.82, 2.24) is 4.90 Å². The lowest BCUT2D eigenvalue weighted by Gasteiger charge is -2.19. The van der Waals surface area contributed by atoms with Crippen LogP contribution in [0.2, 0.25) is 0 Å². The highest BCUT2D eigenvalue weighted by Gasteiger charge is 2.35. The number of amides is 1. The minimum absolute atomic E-state index is 0.158. The van der Waals surface area contributed by atoms with E-state index in [9.17, 15) is 4.79 Å². The monoisotopic (exact) mass is 233 g/mol. The van der Waals surface area contributed by atoms with Crippen LogP contribution in [0.25, 0.3) is 0 Å². The van der Waals surface area contributed by atoms with Gasteiger partial charge in [-0.3, -0.25) is 4.79 Å². The van der Waals surface area contributed by atoms with Gasteiger partial charge in [-0.2, -0.15) is 0 Å². The number of thioether (sulfide) groups is 1. The first-order valence-corrected chi connectivity index (χ1v) is 6.71. The largest absolute Gasteiger partial charge is 0.340 e. The van der Waals surface area contributed by atoms with Crippen LogP contribution in [-0.2, 0) is 4.79 Å². The van der Waals surface area contributed by atoms with Crippen molar-refractivity contribution in [2.24, 2.45) is 5.92 Å². The van der Waals surface area contributed by atoms with Crippen molar-refractivity contribution in [2.45, 2.75) is 30.4 Å². The van der Waals surface area contributed by atoms with Crippen LogP contribution in [0.15, 0.2) is 0 Å². The average Bonchev–Trinajstić information content (AvgIpc) is 2.76. The Morgan fingerprint density at radius 2 is 2.29 bits per heavy atom. The molecule has 3 unspecified atom stereocenters. The molecule has 2 fully saturated rings. The molecule has 0 aliphatic carbocycles. The predicted octanol–water partition coefficient (Wildman–Crippen LogP) is 1.97. The number of hydrogen-bond acceptors (Lipinski definition) is 2. The molecule has 4 heteroatoms. The van der Waals surface area contributed by atoms with Crippen LogP contribution in [-0.4, -0.2) is 40.3 Å². The van der Waals surface area contributed by atoms with Crippen molar-refractivity contribution >= 4 is 29.3 Å². The summed E-state index contributed by atoms with van der Waals surface area (Å²) in [6, 6.07) is 0. The van der Waals surface area contributed by atoms with Crippen molar-refractivity contribution < 1.29 is 4.79 Å². The Hall–Kier alpha value is 0.110. The first-order valence-electron chi connectivity index (χ1n) is 5.23. The topological polar surface area (TPSA) is 20.3 Å². The van der Waals surface area contributed by atoms with E-state index in [1.807, 2.05) is 4.90 Å². The standard InChI is InChI=1S/C10H16ClNOS/c1-7-5-12(6-8(7)11)10(13)9-3-2-4-14-9/h7-9H,2-6H2,1H3. The van der Waals surface area contributed by atoms with E-state index in [1.54, 1.807) is 11.8 Å². The molecule has 0 aromatic heterocycles. The Morgan fingerprint density at radius 3 is 2.79 bits per heavy atom. The molecular weight excluding hydrogens is 218 g/mol. The minimum atomic E-state index is 0.158. The number of nitrogens with zero attached hydrogens (tertiary/aromatic N) is 1. The Kier molecular flexibility index (Phi) is 3.27. The van der Waals surface area contributed by atoms with Crippen molar-refractivity contribution in [3.05, 3.63) is 0 Å². The first kappa shape index (κ1) is 10.6. The maximum Gasteiger partial charge on any atom is 0.235 e. The van der Waals surface area contributed by atoms with E-state index in [2.05, 4.69) is 6.92 Å². The van der Waals surface area contributed by atoms with Gasteiger partial charge >= 0.3 is 0 Å². The third-order valence-electron chi connectivity index (χ3n) is 3.04. The normalized spacial score (nSPS) is 37.9. The lowest BCUT2D eigenvalue weighted by Crippen LogP contribution is -2.35. The summed E-state index contributed by atoms with van der Waals surface area (Å²) in [6.45, 7) is 3.72. The van der Waals surface area contributed by atoms with Gasteiger partial charge in [0, 0.05) is 13.1 Å². The predicted molar refractivity (Wildman–Crippen MR) is 60.9 cm³/mol. The van der Waals surface area contributed by atoms with Gasteiger partial charge in [0.25, 0.3) is 0 Å².